The van der Waals surface area contributed by atoms with Crippen molar-refractivity contribution in [3.8, 4) is 11.3 Å². The van der Waals surface area contributed by atoms with E-state index in [4.69, 9.17) is 5.73 Å². The van der Waals surface area contributed by atoms with E-state index in [1.807, 2.05) is 11.0 Å². The van der Waals surface area contributed by atoms with Crippen molar-refractivity contribution in [2.24, 2.45) is 5.92 Å². The highest BCUT2D eigenvalue weighted by Gasteiger charge is 2.35. The van der Waals surface area contributed by atoms with E-state index in [1.165, 1.54) is 12.1 Å². The van der Waals surface area contributed by atoms with Crippen molar-refractivity contribution in [2.75, 3.05) is 34.3 Å². The number of aryl methyl sites for hydroxylation is 1. The molecule has 1 fully saturated rings. The minimum atomic E-state index is -3.82. The zero-order valence-corrected chi connectivity index (χ0v) is 19.6. The lowest BCUT2D eigenvalue weighted by atomic mass is 10.0. The fourth-order valence-corrected chi connectivity index (χ4v) is 5.23. The Balaban J connectivity index is 1.38. The van der Waals surface area contributed by atoms with Crippen LogP contribution >= 0.6 is 0 Å². The van der Waals surface area contributed by atoms with Gasteiger partial charge in [0.1, 0.15) is 5.82 Å². The van der Waals surface area contributed by atoms with Crippen LogP contribution in [-0.2, 0) is 21.2 Å². The lowest BCUT2D eigenvalue weighted by Gasteiger charge is -2.30. The number of nitrogens with two attached hydrogens (primary N) is 1. The molecule has 1 aliphatic carbocycles. The van der Waals surface area contributed by atoms with Crippen LogP contribution in [0.15, 0.2) is 53.4 Å². The molecule has 1 amide bonds. The van der Waals surface area contributed by atoms with Crippen molar-refractivity contribution in [3.63, 3.8) is 0 Å². The van der Waals surface area contributed by atoms with Crippen molar-refractivity contribution in [1.82, 2.24) is 9.97 Å². The summed E-state index contributed by atoms with van der Waals surface area (Å²) in [5.41, 5.74) is 9.37. The number of nitrogens with one attached hydrogen (secondary N) is 2. The predicted octanol–water partition coefficient (Wildman–Crippen LogP) is 3.26. The molecule has 1 aromatic heterocycles. The molecule has 0 radical (unpaired) electrons. The van der Waals surface area contributed by atoms with Gasteiger partial charge in [-0.2, -0.15) is 4.98 Å². The molecule has 3 aromatic rings. The van der Waals surface area contributed by atoms with E-state index in [0.29, 0.717) is 29.3 Å². The van der Waals surface area contributed by atoms with Gasteiger partial charge in [0, 0.05) is 36.8 Å². The molecule has 176 valence electrons. The number of benzene rings is 2. The number of hydrogen-bond acceptors (Lipinski definition) is 7. The minimum absolute atomic E-state index is 0.110. The predicted molar refractivity (Wildman–Crippen MR) is 132 cm³/mol. The Bertz CT molecular complexity index is 1350. The Kier molecular flexibility index (Phi) is 5.60. The summed E-state index contributed by atoms with van der Waals surface area (Å²) < 4.78 is 28.8. The van der Waals surface area contributed by atoms with Crippen LogP contribution in [-0.4, -0.2) is 37.9 Å². The smallest absolute Gasteiger partial charge is 0.261 e. The molecular weight excluding hydrogens is 452 g/mol. The second-order valence-electron chi connectivity index (χ2n) is 8.59. The molecule has 34 heavy (non-hydrogen) atoms. The van der Waals surface area contributed by atoms with Crippen LogP contribution in [0.3, 0.4) is 0 Å². The first-order valence-electron chi connectivity index (χ1n) is 11.2. The van der Waals surface area contributed by atoms with E-state index in [-0.39, 0.29) is 22.7 Å². The lowest BCUT2D eigenvalue weighted by Crippen LogP contribution is -2.36. The summed E-state index contributed by atoms with van der Waals surface area (Å²) in [6, 6.07) is 13.6. The Morgan fingerprint density at radius 2 is 1.85 bits per heavy atom. The van der Waals surface area contributed by atoms with Crippen LogP contribution in [0.2, 0.25) is 0 Å². The van der Waals surface area contributed by atoms with Crippen molar-refractivity contribution in [3.05, 3.63) is 54.1 Å². The van der Waals surface area contributed by atoms with Gasteiger partial charge >= 0.3 is 0 Å². The van der Waals surface area contributed by atoms with Crippen molar-refractivity contribution in [2.45, 2.75) is 30.6 Å². The van der Waals surface area contributed by atoms with Gasteiger partial charge < -0.3 is 16.0 Å². The summed E-state index contributed by atoms with van der Waals surface area (Å²) in [7, 11) is -2.09. The lowest BCUT2D eigenvalue weighted by molar-refractivity contribution is -0.119. The molecule has 2 aromatic carbocycles. The monoisotopic (exact) mass is 478 g/mol. The van der Waals surface area contributed by atoms with Crippen molar-refractivity contribution < 1.29 is 13.2 Å². The Morgan fingerprint density at radius 3 is 2.56 bits per heavy atom. The van der Waals surface area contributed by atoms with Crippen LogP contribution in [0.25, 0.3) is 11.3 Å². The van der Waals surface area contributed by atoms with E-state index in [9.17, 15) is 13.2 Å². The first-order valence-corrected chi connectivity index (χ1v) is 12.7. The van der Waals surface area contributed by atoms with Gasteiger partial charge in [0.2, 0.25) is 11.9 Å². The number of sulfonamides is 1. The molecule has 1 saturated carbocycles. The normalized spacial score (nSPS) is 15.5. The molecule has 0 bridgehead atoms. The molecule has 0 saturated heterocycles. The van der Waals surface area contributed by atoms with Gasteiger partial charge in [0.15, 0.2) is 0 Å². The molecule has 0 spiro atoms. The SMILES string of the molecule is CNc1cc(-c2ccc(S(=O)(=O)Nc3ccc4c(c3)N(C(=O)C3CC3)CCC4)cc2)nc(N)n1. The molecule has 0 atom stereocenters. The van der Waals surface area contributed by atoms with Crippen LogP contribution in [0.1, 0.15) is 24.8 Å². The number of rotatable bonds is 6. The minimum Gasteiger partial charge on any atom is -0.373 e. The summed E-state index contributed by atoms with van der Waals surface area (Å²) in [5, 5.41) is 2.92. The van der Waals surface area contributed by atoms with E-state index >= 15 is 0 Å². The van der Waals surface area contributed by atoms with Crippen LogP contribution < -0.4 is 20.7 Å². The summed E-state index contributed by atoms with van der Waals surface area (Å²) in [5.74, 6) is 0.951. The number of carbonyl (C=O) groups excluding carboxylic acids is 1. The number of carbonyl (C=O) groups is 1. The zero-order valence-electron chi connectivity index (χ0n) is 18.8. The van der Waals surface area contributed by atoms with Gasteiger partial charge in [-0.25, -0.2) is 13.4 Å². The summed E-state index contributed by atoms with van der Waals surface area (Å²) in [6.45, 7) is 0.669. The molecule has 0 unspecified atom stereocenters. The van der Waals surface area contributed by atoms with Crippen LogP contribution in [0.4, 0.5) is 23.1 Å². The third-order valence-electron chi connectivity index (χ3n) is 6.11. The van der Waals surface area contributed by atoms with Gasteiger partial charge in [0.25, 0.3) is 10.0 Å². The third-order valence-corrected chi connectivity index (χ3v) is 7.51. The maximum Gasteiger partial charge on any atom is 0.261 e. The topological polar surface area (TPSA) is 130 Å². The summed E-state index contributed by atoms with van der Waals surface area (Å²) in [6.07, 6.45) is 3.66. The Morgan fingerprint density at radius 1 is 1.09 bits per heavy atom. The quantitative estimate of drug-likeness (QED) is 0.496. The fourth-order valence-electron chi connectivity index (χ4n) is 4.18. The summed E-state index contributed by atoms with van der Waals surface area (Å²) in [4.78, 5) is 22.9. The number of anilines is 4. The van der Waals surface area contributed by atoms with Gasteiger partial charge in [0.05, 0.1) is 16.3 Å². The van der Waals surface area contributed by atoms with E-state index in [2.05, 4.69) is 20.0 Å². The number of nitrogen functional groups attached to an aromatic ring is 1. The second-order valence-corrected chi connectivity index (χ2v) is 10.3. The highest BCUT2D eigenvalue weighted by Crippen LogP contribution is 2.37. The maximum atomic E-state index is 13.1. The number of aromatic nitrogens is 2. The molecule has 10 heteroatoms. The Labute approximate surface area is 198 Å². The molecular formula is C24H26N6O3S. The molecule has 2 aliphatic rings. The van der Waals surface area contributed by atoms with E-state index in [1.54, 1.807) is 37.4 Å². The van der Waals surface area contributed by atoms with Crippen molar-refractivity contribution >= 4 is 39.1 Å². The average molecular weight is 479 g/mol. The Hall–Kier alpha value is -3.66. The van der Waals surface area contributed by atoms with E-state index in [0.717, 1.165) is 36.9 Å². The molecule has 9 nitrogen and oxygen atoms in total. The van der Waals surface area contributed by atoms with Gasteiger partial charge in [-0.05, 0) is 55.5 Å². The molecule has 4 N–H and O–H groups in total. The van der Waals surface area contributed by atoms with Crippen LogP contribution in [0, 0.1) is 5.92 Å². The highest BCUT2D eigenvalue weighted by molar-refractivity contribution is 7.92. The third kappa shape index (κ3) is 4.41. The number of fused-ring (bicyclic) bond motifs is 1. The maximum absolute atomic E-state index is 13.1. The van der Waals surface area contributed by atoms with Gasteiger partial charge in [-0.3, -0.25) is 9.52 Å². The van der Waals surface area contributed by atoms with Gasteiger partial charge in [-0.1, -0.05) is 18.2 Å². The molecule has 5 rings (SSSR count). The van der Waals surface area contributed by atoms with Gasteiger partial charge in [-0.15, -0.1) is 0 Å². The van der Waals surface area contributed by atoms with Crippen LogP contribution in [0.5, 0.6) is 0 Å². The van der Waals surface area contributed by atoms with E-state index < -0.39 is 10.0 Å². The first kappa shape index (κ1) is 22.1. The molecule has 2 heterocycles. The average Bonchev–Trinajstić information content (AvgIpc) is 3.68. The second kappa shape index (κ2) is 8.60. The largest absolute Gasteiger partial charge is 0.373 e. The first-order chi connectivity index (χ1) is 16.3. The summed E-state index contributed by atoms with van der Waals surface area (Å²) >= 11 is 0. The van der Waals surface area contributed by atoms with Crippen molar-refractivity contribution in [1.29, 1.82) is 0 Å². The standard InChI is InChI=1S/C24H26N6O3S/c1-26-22-14-20(27-24(25)28-22)15-7-10-19(11-8-15)34(32,33)29-18-9-6-16-3-2-12-30(21(16)13-18)23(31)17-4-5-17/h6-11,13-14,17,29H,2-5,12H2,1H3,(H3,25,26,27,28). The number of hydrogen-bond donors (Lipinski definition) is 3. The zero-order chi connectivity index (χ0) is 23.9. The number of nitrogens with zero attached hydrogens (tertiary/aromatic N) is 3. The fraction of sp³-hybridized carbons (Fsp3) is 0.292. The highest BCUT2D eigenvalue weighted by atomic mass is 32.2. The number of amides is 1. The molecule has 1 aliphatic heterocycles.